The van der Waals surface area contributed by atoms with E-state index in [1.165, 1.54) is 6.21 Å². The lowest BCUT2D eigenvalue weighted by atomic mass is 9.77. The fourth-order valence-corrected chi connectivity index (χ4v) is 3.49. The highest BCUT2D eigenvalue weighted by molar-refractivity contribution is 5.89. The van der Waals surface area contributed by atoms with Gasteiger partial charge in [0.2, 0.25) is 0 Å². The molecule has 1 aromatic rings. The summed E-state index contributed by atoms with van der Waals surface area (Å²) in [6.07, 6.45) is 1.42. The first-order valence-corrected chi connectivity index (χ1v) is 10.1. The molecule has 0 unspecified atom stereocenters. The van der Waals surface area contributed by atoms with E-state index in [0.717, 1.165) is 18.7 Å². The Hall–Kier alpha value is -2.12. The molecular weight excluding hydrogens is 370 g/mol. The quantitative estimate of drug-likeness (QED) is 0.310. The zero-order chi connectivity index (χ0) is 22.0. The van der Waals surface area contributed by atoms with E-state index in [2.05, 4.69) is 10.5 Å². The van der Waals surface area contributed by atoms with Gasteiger partial charge in [-0.3, -0.25) is 4.79 Å². The number of hydrogen-bond donors (Lipinski definition) is 3. The zero-order valence-electron chi connectivity index (χ0n) is 18.8. The van der Waals surface area contributed by atoms with Gasteiger partial charge < -0.3 is 19.4 Å². The fraction of sp³-hybridized carbons (Fsp3) is 0.636. The third-order valence-corrected chi connectivity index (χ3v) is 5.39. The molecule has 1 aliphatic rings. The predicted molar refractivity (Wildman–Crippen MR) is 115 cm³/mol. The maximum absolute atomic E-state index is 12.3. The van der Waals surface area contributed by atoms with Gasteiger partial charge >= 0.3 is 0 Å². The number of phenolic OH excluding ortho intramolecular Hbond substituents is 2. The number of quaternary nitrogens is 1. The lowest BCUT2D eigenvalue weighted by Gasteiger charge is -2.36. The number of rotatable bonds is 4. The number of hydrazone groups is 1. The third-order valence-electron chi connectivity index (χ3n) is 5.39. The molecule has 1 saturated heterocycles. The predicted octanol–water partition coefficient (Wildman–Crippen LogP) is 2.62. The molecule has 0 atom stereocenters. The van der Waals surface area contributed by atoms with Gasteiger partial charge in [0.05, 0.1) is 26.5 Å². The van der Waals surface area contributed by atoms with Crippen molar-refractivity contribution in [3.63, 3.8) is 0 Å². The fourth-order valence-electron chi connectivity index (χ4n) is 3.49. The SMILES string of the molecule is CC(C)(C)c1cc(C(C)(C)C)c(C=NNC(=O)C[N+]2(C)CCOCC2)c(O)c1O. The first-order valence-electron chi connectivity index (χ1n) is 10.1. The summed E-state index contributed by atoms with van der Waals surface area (Å²) in [5.74, 6) is -0.560. The van der Waals surface area contributed by atoms with Crippen molar-refractivity contribution in [2.24, 2.45) is 5.10 Å². The summed E-state index contributed by atoms with van der Waals surface area (Å²) in [4.78, 5) is 12.3. The second-order valence-electron chi connectivity index (χ2n) is 10.2. The number of phenols is 2. The van der Waals surface area contributed by atoms with Crippen LogP contribution in [0.25, 0.3) is 0 Å². The second-order valence-corrected chi connectivity index (χ2v) is 10.2. The monoisotopic (exact) mass is 406 g/mol. The molecule has 0 radical (unpaired) electrons. The Morgan fingerprint density at radius 3 is 2.17 bits per heavy atom. The summed E-state index contributed by atoms with van der Waals surface area (Å²) in [6.45, 7) is 15.2. The molecule has 1 aliphatic heterocycles. The van der Waals surface area contributed by atoms with E-state index >= 15 is 0 Å². The molecule has 1 amide bonds. The van der Waals surface area contributed by atoms with Crippen LogP contribution in [0.3, 0.4) is 0 Å². The molecule has 0 saturated carbocycles. The lowest BCUT2D eigenvalue weighted by molar-refractivity contribution is -0.909. The maximum Gasteiger partial charge on any atom is 0.295 e. The minimum atomic E-state index is -0.331. The van der Waals surface area contributed by atoms with E-state index in [0.29, 0.717) is 35.4 Å². The molecule has 0 aromatic heterocycles. The normalized spacial score (nSPS) is 17.5. The van der Waals surface area contributed by atoms with Crippen LogP contribution in [0.4, 0.5) is 0 Å². The van der Waals surface area contributed by atoms with Gasteiger partial charge in [-0.15, -0.1) is 0 Å². The molecule has 1 fully saturated rings. The number of hydrogen-bond acceptors (Lipinski definition) is 5. The van der Waals surface area contributed by atoms with Crippen LogP contribution in [0.15, 0.2) is 11.2 Å². The largest absolute Gasteiger partial charge is 0.504 e. The molecule has 7 heteroatoms. The van der Waals surface area contributed by atoms with Crippen molar-refractivity contribution in [1.29, 1.82) is 0 Å². The number of nitrogens with one attached hydrogen (secondary N) is 1. The standard InChI is InChI=1S/C22H35N3O4/c1-21(2,3)16-12-17(22(4,5)6)20(28)19(27)15(16)13-23-24-18(26)14-25(7)8-10-29-11-9-25/h12-13H,8-11,14H2,1-7H3,(H2-,23,24,26,27,28)/p+1. The minimum Gasteiger partial charge on any atom is -0.504 e. The van der Waals surface area contributed by atoms with E-state index in [1.807, 2.05) is 54.7 Å². The van der Waals surface area contributed by atoms with E-state index < -0.39 is 0 Å². The van der Waals surface area contributed by atoms with Crippen molar-refractivity contribution in [3.8, 4) is 11.5 Å². The van der Waals surface area contributed by atoms with Crippen molar-refractivity contribution in [3.05, 3.63) is 22.8 Å². The molecule has 0 spiro atoms. The van der Waals surface area contributed by atoms with Gasteiger partial charge in [0, 0.05) is 11.1 Å². The molecule has 2 rings (SSSR count). The summed E-state index contributed by atoms with van der Waals surface area (Å²) in [7, 11) is 2.03. The number of aromatic hydroxyl groups is 2. The van der Waals surface area contributed by atoms with Crippen LogP contribution in [0.2, 0.25) is 0 Å². The number of likely N-dealkylation sites (N-methyl/N-ethyl adjacent to an activating group) is 1. The number of morpholine rings is 1. The Bertz CT molecular complexity index is 783. The topological polar surface area (TPSA) is 91.2 Å². The van der Waals surface area contributed by atoms with Gasteiger partial charge in [0.15, 0.2) is 18.0 Å². The molecule has 0 aliphatic carbocycles. The van der Waals surface area contributed by atoms with Crippen LogP contribution in [0.5, 0.6) is 11.5 Å². The molecule has 1 aromatic carbocycles. The summed E-state index contributed by atoms with van der Waals surface area (Å²) in [5, 5.41) is 25.3. The molecular formula is C22H36N3O4+. The van der Waals surface area contributed by atoms with Gasteiger partial charge in [-0.2, -0.15) is 5.10 Å². The van der Waals surface area contributed by atoms with Gasteiger partial charge in [-0.05, 0) is 16.4 Å². The first-order chi connectivity index (χ1) is 13.2. The van der Waals surface area contributed by atoms with Crippen LogP contribution in [-0.4, -0.2) is 66.7 Å². The smallest absolute Gasteiger partial charge is 0.295 e. The van der Waals surface area contributed by atoms with Gasteiger partial charge in [-0.25, -0.2) is 5.43 Å². The van der Waals surface area contributed by atoms with E-state index in [1.54, 1.807) is 0 Å². The summed E-state index contributed by atoms with van der Waals surface area (Å²) in [5.41, 5.74) is 3.87. The first kappa shape index (κ1) is 23.2. The van der Waals surface area contributed by atoms with Gasteiger partial charge in [-0.1, -0.05) is 47.6 Å². The Labute approximate surface area is 174 Å². The van der Waals surface area contributed by atoms with Crippen LogP contribution < -0.4 is 5.43 Å². The molecule has 0 bridgehead atoms. The van der Waals surface area contributed by atoms with Crippen LogP contribution >= 0.6 is 0 Å². The average molecular weight is 407 g/mol. The Morgan fingerprint density at radius 2 is 1.66 bits per heavy atom. The Morgan fingerprint density at radius 1 is 1.10 bits per heavy atom. The van der Waals surface area contributed by atoms with E-state index in [4.69, 9.17) is 4.74 Å². The minimum absolute atomic E-state index is 0.148. The van der Waals surface area contributed by atoms with Crippen molar-refractivity contribution < 1.29 is 24.2 Å². The van der Waals surface area contributed by atoms with Gasteiger partial charge in [0.25, 0.3) is 5.91 Å². The molecule has 3 N–H and O–H groups in total. The Kier molecular flexibility index (Phi) is 6.65. The Balaban J connectivity index is 2.27. The van der Waals surface area contributed by atoms with Crippen molar-refractivity contribution in [1.82, 2.24) is 5.43 Å². The summed E-state index contributed by atoms with van der Waals surface area (Å²) in [6, 6.07) is 1.91. The average Bonchev–Trinajstić information content (AvgIpc) is 2.56. The lowest BCUT2D eigenvalue weighted by Crippen LogP contribution is -2.55. The zero-order valence-corrected chi connectivity index (χ0v) is 18.8. The summed E-state index contributed by atoms with van der Waals surface area (Å²) < 4.78 is 5.97. The van der Waals surface area contributed by atoms with Crippen molar-refractivity contribution in [2.45, 2.75) is 52.4 Å². The number of amides is 1. The molecule has 1 heterocycles. The maximum atomic E-state index is 12.3. The second kappa shape index (κ2) is 8.32. The number of carbonyl (C=O) groups is 1. The highest BCUT2D eigenvalue weighted by Crippen LogP contribution is 2.43. The van der Waals surface area contributed by atoms with Crippen molar-refractivity contribution in [2.75, 3.05) is 39.9 Å². The van der Waals surface area contributed by atoms with Crippen LogP contribution in [0, 0.1) is 0 Å². The van der Waals surface area contributed by atoms with Gasteiger partial charge in [0.1, 0.15) is 13.1 Å². The molecule has 7 nitrogen and oxygen atoms in total. The van der Waals surface area contributed by atoms with Crippen LogP contribution in [-0.2, 0) is 20.4 Å². The molecule has 29 heavy (non-hydrogen) atoms. The number of carbonyl (C=O) groups excluding carboxylic acids is 1. The third kappa shape index (κ3) is 5.70. The number of ether oxygens (including phenoxy) is 1. The molecule has 162 valence electrons. The summed E-state index contributed by atoms with van der Waals surface area (Å²) >= 11 is 0. The number of nitrogens with zero attached hydrogens (tertiary/aromatic N) is 2. The van der Waals surface area contributed by atoms with E-state index in [9.17, 15) is 15.0 Å². The highest BCUT2D eigenvalue weighted by atomic mass is 16.5. The highest BCUT2D eigenvalue weighted by Gasteiger charge is 2.29. The van der Waals surface area contributed by atoms with E-state index in [-0.39, 0.29) is 28.2 Å². The van der Waals surface area contributed by atoms with Crippen LogP contribution in [0.1, 0.15) is 58.2 Å². The number of benzene rings is 1. The van der Waals surface area contributed by atoms with Crippen molar-refractivity contribution >= 4 is 12.1 Å².